The Kier molecular flexibility index (Phi) is 2.94. The van der Waals surface area contributed by atoms with Crippen molar-refractivity contribution in [3.05, 3.63) is 11.8 Å². The van der Waals surface area contributed by atoms with E-state index in [0.29, 0.717) is 0 Å². The van der Waals surface area contributed by atoms with Crippen molar-refractivity contribution in [2.24, 2.45) is 5.92 Å². The fraction of sp³-hybridized carbons (Fsp3) is 0.778. The molecule has 0 aliphatic heterocycles. The maximum absolute atomic E-state index is 3.31. The molecule has 0 spiro atoms. The van der Waals surface area contributed by atoms with Gasteiger partial charge in [0.05, 0.1) is 0 Å². The molecule has 0 heterocycles. The molecule has 11 heavy (non-hydrogen) atoms. The standard InChI is InChI=1S/C9H18N2/c1-8-5-4-6-9(7-8)10-11(2)3/h7-8,10H,4-6H2,1-3H3. The summed E-state index contributed by atoms with van der Waals surface area (Å²) in [7, 11) is 4.06. The molecule has 0 amide bonds. The van der Waals surface area contributed by atoms with Gasteiger partial charge in [-0.2, -0.15) is 0 Å². The van der Waals surface area contributed by atoms with E-state index in [2.05, 4.69) is 18.4 Å². The normalized spacial score (nSPS) is 25.1. The maximum Gasteiger partial charge on any atom is 0.0226 e. The highest BCUT2D eigenvalue weighted by Gasteiger charge is 2.08. The highest BCUT2D eigenvalue weighted by molar-refractivity contribution is 5.04. The molecule has 0 bridgehead atoms. The average Bonchev–Trinajstić information content (AvgIpc) is 1.85. The molecule has 1 aliphatic rings. The summed E-state index contributed by atoms with van der Waals surface area (Å²) in [6.45, 7) is 2.27. The Morgan fingerprint density at radius 2 is 2.27 bits per heavy atom. The van der Waals surface area contributed by atoms with Crippen molar-refractivity contribution < 1.29 is 0 Å². The van der Waals surface area contributed by atoms with Gasteiger partial charge in [-0.15, -0.1) is 0 Å². The first-order valence-corrected chi connectivity index (χ1v) is 4.33. The van der Waals surface area contributed by atoms with E-state index in [0.717, 1.165) is 5.92 Å². The predicted octanol–water partition coefficient (Wildman–Crippen LogP) is 1.76. The van der Waals surface area contributed by atoms with Crippen LogP contribution < -0.4 is 5.43 Å². The number of hydrogen-bond donors (Lipinski definition) is 1. The highest BCUT2D eigenvalue weighted by Crippen LogP contribution is 2.20. The largest absolute Gasteiger partial charge is 0.324 e. The van der Waals surface area contributed by atoms with Gasteiger partial charge in [-0.3, -0.25) is 0 Å². The average molecular weight is 154 g/mol. The molecule has 0 saturated carbocycles. The van der Waals surface area contributed by atoms with Crippen LogP contribution in [0.2, 0.25) is 0 Å². The van der Waals surface area contributed by atoms with E-state index in [9.17, 15) is 0 Å². The zero-order valence-electron chi connectivity index (χ0n) is 7.72. The van der Waals surface area contributed by atoms with E-state index >= 15 is 0 Å². The van der Waals surface area contributed by atoms with E-state index in [-0.39, 0.29) is 0 Å². The number of nitrogens with zero attached hydrogens (tertiary/aromatic N) is 1. The highest BCUT2D eigenvalue weighted by atomic mass is 15.5. The third-order valence-electron chi connectivity index (χ3n) is 1.96. The molecule has 0 saturated heterocycles. The SMILES string of the molecule is CC1C=C(NN(C)C)CCC1. The van der Waals surface area contributed by atoms with Gasteiger partial charge in [0.2, 0.25) is 0 Å². The van der Waals surface area contributed by atoms with Gasteiger partial charge in [0.15, 0.2) is 0 Å². The van der Waals surface area contributed by atoms with Crippen molar-refractivity contribution >= 4 is 0 Å². The van der Waals surface area contributed by atoms with Crippen molar-refractivity contribution in [2.45, 2.75) is 26.2 Å². The number of hydrazine groups is 1. The topological polar surface area (TPSA) is 15.3 Å². The lowest BCUT2D eigenvalue weighted by atomic mass is 9.96. The summed E-state index contributed by atoms with van der Waals surface area (Å²) in [5.41, 5.74) is 4.69. The second-order valence-corrected chi connectivity index (χ2v) is 3.57. The van der Waals surface area contributed by atoms with Crippen LogP contribution in [0.1, 0.15) is 26.2 Å². The van der Waals surface area contributed by atoms with Gasteiger partial charge in [0.25, 0.3) is 0 Å². The Labute approximate surface area is 69.2 Å². The molecule has 2 heteroatoms. The predicted molar refractivity (Wildman–Crippen MR) is 47.9 cm³/mol. The molecule has 1 atom stereocenters. The van der Waals surface area contributed by atoms with E-state index < -0.39 is 0 Å². The Bertz CT molecular complexity index is 150. The second kappa shape index (κ2) is 3.77. The summed E-state index contributed by atoms with van der Waals surface area (Å²) in [4.78, 5) is 0. The molecular weight excluding hydrogens is 136 g/mol. The molecule has 1 unspecified atom stereocenters. The summed E-state index contributed by atoms with van der Waals surface area (Å²) in [6, 6.07) is 0. The van der Waals surface area contributed by atoms with Crippen molar-refractivity contribution in [3.63, 3.8) is 0 Å². The minimum atomic E-state index is 0.756. The van der Waals surface area contributed by atoms with Gasteiger partial charge >= 0.3 is 0 Å². The first-order chi connectivity index (χ1) is 5.18. The van der Waals surface area contributed by atoms with Crippen LogP contribution >= 0.6 is 0 Å². The zero-order chi connectivity index (χ0) is 8.27. The maximum atomic E-state index is 3.31. The first-order valence-electron chi connectivity index (χ1n) is 4.33. The summed E-state index contributed by atoms with van der Waals surface area (Å²) in [6.07, 6.45) is 6.22. The molecule has 0 aromatic carbocycles. The lowest BCUT2D eigenvalue weighted by molar-refractivity contribution is 0.313. The van der Waals surface area contributed by atoms with Crippen LogP contribution in [-0.2, 0) is 0 Å². The molecule has 0 radical (unpaired) electrons. The summed E-state index contributed by atoms with van der Waals surface area (Å²) in [5, 5.41) is 2.00. The van der Waals surface area contributed by atoms with Crippen LogP contribution in [0, 0.1) is 5.92 Å². The van der Waals surface area contributed by atoms with Crippen LogP contribution in [0.4, 0.5) is 0 Å². The van der Waals surface area contributed by atoms with E-state index in [1.807, 2.05) is 19.1 Å². The summed E-state index contributed by atoms with van der Waals surface area (Å²) < 4.78 is 0. The van der Waals surface area contributed by atoms with E-state index in [4.69, 9.17) is 0 Å². The minimum Gasteiger partial charge on any atom is -0.324 e. The fourth-order valence-corrected chi connectivity index (χ4v) is 1.50. The lowest BCUT2D eigenvalue weighted by Crippen LogP contribution is -2.30. The quantitative estimate of drug-likeness (QED) is 0.610. The van der Waals surface area contributed by atoms with Crippen molar-refractivity contribution in [1.82, 2.24) is 10.4 Å². The molecule has 1 rings (SSSR count). The van der Waals surface area contributed by atoms with Gasteiger partial charge in [-0.1, -0.05) is 13.0 Å². The van der Waals surface area contributed by atoms with Crippen LogP contribution in [0.15, 0.2) is 11.8 Å². The van der Waals surface area contributed by atoms with Gasteiger partial charge in [0, 0.05) is 19.8 Å². The molecule has 0 fully saturated rings. The molecule has 1 N–H and O–H groups in total. The van der Waals surface area contributed by atoms with Crippen molar-refractivity contribution in [2.75, 3.05) is 14.1 Å². The molecule has 0 aromatic rings. The minimum absolute atomic E-state index is 0.756. The molecule has 0 aromatic heterocycles. The van der Waals surface area contributed by atoms with Gasteiger partial charge in [-0.25, -0.2) is 5.01 Å². The smallest absolute Gasteiger partial charge is 0.0226 e. The number of allylic oxidation sites excluding steroid dienone is 2. The van der Waals surface area contributed by atoms with Gasteiger partial charge < -0.3 is 5.43 Å². The Balaban J connectivity index is 2.43. The van der Waals surface area contributed by atoms with Crippen molar-refractivity contribution in [3.8, 4) is 0 Å². The Hall–Kier alpha value is -0.500. The van der Waals surface area contributed by atoms with Gasteiger partial charge in [0.1, 0.15) is 0 Å². The molecule has 64 valence electrons. The number of rotatable bonds is 2. The summed E-state index contributed by atoms with van der Waals surface area (Å²) in [5.74, 6) is 0.756. The molecular formula is C9H18N2. The van der Waals surface area contributed by atoms with Crippen LogP contribution in [-0.4, -0.2) is 19.1 Å². The lowest BCUT2D eigenvalue weighted by Gasteiger charge is -2.22. The third kappa shape index (κ3) is 2.93. The summed E-state index contributed by atoms with van der Waals surface area (Å²) >= 11 is 0. The number of hydrogen-bond acceptors (Lipinski definition) is 2. The Morgan fingerprint density at radius 1 is 1.55 bits per heavy atom. The second-order valence-electron chi connectivity index (χ2n) is 3.57. The molecule has 1 aliphatic carbocycles. The monoisotopic (exact) mass is 154 g/mol. The van der Waals surface area contributed by atoms with Gasteiger partial charge in [-0.05, 0) is 25.2 Å². The van der Waals surface area contributed by atoms with E-state index in [1.54, 1.807) is 0 Å². The number of nitrogens with one attached hydrogen (secondary N) is 1. The van der Waals surface area contributed by atoms with Crippen LogP contribution in [0.25, 0.3) is 0 Å². The zero-order valence-corrected chi connectivity index (χ0v) is 7.72. The molecule has 2 nitrogen and oxygen atoms in total. The fourth-order valence-electron chi connectivity index (χ4n) is 1.50. The first kappa shape index (κ1) is 8.60. The van der Waals surface area contributed by atoms with E-state index in [1.165, 1.54) is 25.0 Å². The van der Waals surface area contributed by atoms with Crippen molar-refractivity contribution in [1.29, 1.82) is 0 Å². The van der Waals surface area contributed by atoms with Crippen LogP contribution in [0.3, 0.4) is 0 Å². The Morgan fingerprint density at radius 3 is 2.82 bits per heavy atom. The van der Waals surface area contributed by atoms with Crippen LogP contribution in [0.5, 0.6) is 0 Å². The third-order valence-corrected chi connectivity index (χ3v) is 1.96.